The first-order valence-corrected chi connectivity index (χ1v) is 5.39. The number of fused-ring (bicyclic) bond motifs is 1. The Labute approximate surface area is 98.4 Å². The first-order chi connectivity index (χ1) is 8.34. The molecule has 17 heavy (non-hydrogen) atoms. The van der Waals surface area contributed by atoms with E-state index in [9.17, 15) is 4.39 Å². The molecule has 2 nitrogen and oxygen atoms in total. The minimum absolute atomic E-state index is 0.269. The third kappa shape index (κ3) is 1.80. The molecule has 3 heteroatoms. The highest BCUT2D eigenvalue weighted by atomic mass is 19.1. The number of hydrogen-bond acceptors (Lipinski definition) is 2. The van der Waals surface area contributed by atoms with Gasteiger partial charge in [0.15, 0.2) is 0 Å². The van der Waals surface area contributed by atoms with Crippen molar-refractivity contribution in [1.82, 2.24) is 0 Å². The van der Waals surface area contributed by atoms with Crippen LogP contribution in [0.15, 0.2) is 53.5 Å². The van der Waals surface area contributed by atoms with E-state index < -0.39 is 0 Å². The summed E-state index contributed by atoms with van der Waals surface area (Å²) in [6.45, 7) is 0.304. The van der Waals surface area contributed by atoms with E-state index >= 15 is 0 Å². The number of para-hydroxylation sites is 2. The van der Waals surface area contributed by atoms with Crippen LogP contribution in [0.2, 0.25) is 0 Å². The van der Waals surface area contributed by atoms with E-state index in [1.54, 1.807) is 18.2 Å². The fourth-order valence-electron chi connectivity index (χ4n) is 1.83. The Bertz CT molecular complexity index is 592. The zero-order chi connectivity index (χ0) is 11.7. The molecule has 0 spiro atoms. The Morgan fingerprint density at radius 2 is 1.76 bits per heavy atom. The third-order valence-corrected chi connectivity index (χ3v) is 2.67. The van der Waals surface area contributed by atoms with Gasteiger partial charge in [-0.1, -0.05) is 30.3 Å². The van der Waals surface area contributed by atoms with Crippen LogP contribution in [0.25, 0.3) is 0 Å². The van der Waals surface area contributed by atoms with Gasteiger partial charge in [-0.3, -0.25) is 0 Å². The summed E-state index contributed by atoms with van der Waals surface area (Å²) in [6.07, 6.45) is 0. The van der Waals surface area contributed by atoms with Crippen LogP contribution in [-0.2, 0) is 0 Å². The van der Waals surface area contributed by atoms with Gasteiger partial charge in [-0.2, -0.15) is 0 Å². The predicted octanol–water partition coefficient (Wildman–Crippen LogP) is 3.34. The van der Waals surface area contributed by atoms with Gasteiger partial charge in [0.2, 0.25) is 0 Å². The molecule has 0 amide bonds. The summed E-state index contributed by atoms with van der Waals surface area (Å²) in [5.74, 6) is 0.474. The van der Waals surface area contributed by atoms with Crippen LogP contribution >= 0.6 is 0 Å². The lowest BCUT2D eigenvalue weighted by Crippen LogP contribution is -2.17. The highest BCUT2D eigenvalue weighted by Gasteiger charge is 2.16. The lowest BCUT2D eigenvalue weighted by Gasteiger charge is -2.17. The molecule has 1 aliphatic rings. The summed E-state index contributed by atoms with van der Waals surface area (Å²) in [7, 11) is 0. The van der Waals surface area contributed by atoms with Gasteiger partial charge in [0.25, 0.3) is 0 Å². The quantitative estimate of drug-likeness (QED) is 0.732. The summed E-state index contributed by atoms with van der Waals surface area (Å²) in [5, 5.41) is 0. The molecule has 0 aliphatic carbocycles. The van der Waals surface area contributed by atoms with Crippen molar-refractivity contribution in [3.8, 4) is 5.75 Å². The molecule has 0 aromatic heterocycles. The lowest BCUT2D eigenvalue weighted by atomic mass is 10.1. The second-order valence-electron chi connectivity index (χ2n) is 3.79. The molecule has 84 valence electrons. The van der Waals surface area contributed by atoms with Gasteiger partial charge in [0, 0.05) is 5.56 Å². The first-order valence-electron chi connectivity index (χ1n) is 5.39. The fraction of sp³-hybridized carbons (Fsp3) is 0.0714. The largest absolute Gasteiger partial charge is 0.485 e. The van der Waals surface area contributed by atoms with Gasteiger partial charge in [-0.05, 0) is 18.2 Å². The molecule has 1 aliphatic heterocycles. The minimum atomic E-state index is -0.269. The molecule has 3 rings (SSSR count). The van der Waals surface area contributed by atoms with Crippen LogP contribution in [0.1, 0.15) is 5.56 Å². The normalized spacial score (nSPS) is 13.6. The van der Waals surface area contributed by atoms with E-state index in [1.165, 1.54) is 6.07 Å². The number of rotatable bonds is 1. The van der Waals surface area contributed by atoms with Crippen molar-refractivity contribution in [1.29, 1.82) is 0 Å². The van der Waals surface area contributed by atoms with Crippen LogP contribution < -0.4 is 4.74 Å². The van der Waals surface area contributed by atoms with Crippen molar-refractivity contribution >= 4 is 11.4 Å². The Morgan fingerprint density at radius 1 is 1.00 bits per heavy atom. The maximum Gasteiger partial charge on any atom is 0.145 e. The van der Waals surface area contributed by atoms with E-state index in [4.69, 9.17) is 4.74 Å². The van der Waals surface area contributed by atoms with Crippen molar-refractivity contribution in [3.63, 3.8) is 0 Å². The average molecular weight is 227 g/mol. The van der Waals surface area contributed by atoms with Gasteiger partial charge < -0.3 is 4.74 Å². The number of benzene rings is 2. The molecule has 0 saturated carbocycles. The molecule has 0 unspecified atom stereocenters. The van der Waals surface area contributed by atoms with Gasteiger partial charge in [-0.15, -0.1) is 0 Å². The van der Waals surface area contributed by atoms with Crippen LogP contribution in [0.3, 0.4) is 0 Å². The van der Waals surface area contributed by atoms with Gasteiger partial charge in [-0.25, -0.2) is 9.38 Å². The molecule has 0 saturated heterocycles. The van der Waals surface area contributed by atoms with Crippen molar-refractivity contribution in [2.75, 3.05) is 6.61 Å². The van der Waals surface area contributed by atoms with Gasteiger partial charge >= 0.3 is 0 Å². The molecular weight excluding hydrogens is 217 g/mol. The molecule has 1 heterocycles. The standard InChI is InChI=1S/C14H10FNO/c15-11-6-2-1-5-10(11)13-9-17-14-8-4-3-7-12(14)16-13/h1-8H,9H2. The van der Waals surface area contributed by atoms with Crippen LogP contribution in [-0.4, -0.2) is 12.3 Å². The second-order valence-corrected chi connectivity index (χ2v) is 3.79. The lowest BCUT2D eigenvalue weighted by molar-refractivity contribution is 0.372. The average Bonchev–Trinajstić information content (AvgIpc) is 2.39. The summed E-state index contributed by atoms with van der Waals surface area (Å²) < 4.78 is 19.2. The highest BCUT2D eigenvalue weighted by molar-refractivity contribution is 6.04. The Kier molecular flexibility index (Phi) is 2.37. The first kappa shape index (κ1) is 10.0. The molecule has 0 atom stereocenters. The molecule has 2 aromatic rings. The minimum Gasteiger partial charge on any atom is -0.485 e. The highest BCUT2D eigenvalue weighted by Crippen LogP contribution is 2.31. The molecule has 2 aromatic carbocycles. The van der Waals surface area contributed by atoms with Crippen LogP contribution in [0.4, 0.5) is 10.1 Å². The van der Waals surface area contributed by atoms with E-state index in [0.29, 0.717) is 17.9 Å². The fourth-order valence-corrected chi connectivity index (χ4v) is 1.83. The van der Waals surface area contributed by atoms with Gasteiger partial charge in [0.05, 0.1) is 5.71 Å². The van der Waals surface area contributed by atoms with Crippen molar-refractivity contribution < 1.29 is 9.13 Å². The molecule has 0 fully saturated rings. The smallest absolute Gasteiger partial charge is 0.145 e. The van der Waals surface area contributed by atoms with E-state index in [-0.39, 0.29) is 5.82 Å². The molecule has 0 N–H and O–H groups in total. The number of aliphatic imine (C=N–C) groups is 1. The zero-order valence-corrected chi connectivity index (χ0v) is 9.06. The van der Waals surface area contributed by atoms with Crippen molar-refractivity contribution in [3.05, 3.63) is 59.9 Å². The maximum atomic E-state index is 13.6. The monoisotopic (exact) mass is 227 g/mol. The van der Waals surface area contributed by atoms with Crippen LogP contribution in [0, 0.1) is 5.82 Å². The summed E-state index contributed by atoms with van der Waals surface area (Å²) in [6, 6.07) is 14.1. The SMILES string of the molecule is Fc1ccccc1C1=Nc2ccccc2OC1. The molecular formula is C14H10FNO. The summed E-state index contributed by atoms with van der Waals surface area (Å²) in [5.41, 5.74) is 1.88. The van der Waals surface area contributed by atoms with Crippen LogP contribution in [0.5, 0.6) is 5.75 Å². The molecule has 0 bridgehead atoms. The Balaban J connectivity index is 2.08. The second kappa shape index (κ2) is 4.01. The van der Waals surface area contributed by atoms with Crippen molar-refractivity contribution in [2.45, 2.75) is 0 Å². The topological polar surface area (TPSA) is 21.6 Å². The summed E-state index contributed by atoms with van der Waals surface area (Å²) in [4.78, 5) is 4.43. The van der Waals surface area contributed by atoms with E-state index in [1.807, 2.05) is 24.3 Å². The maximum absolute atomic E-state index is 13.6. The zero-order valence-electron chi connectivity index (χ0n) is 9.06. The Hall–Kier alpha value is -2.16. The number of hydrogen-bond donors (Lipinski definition) is 0. The summed E-state index contributed by atoms with van der Waals surface area (Å²) >= 11 is 0. The van der Waals surface area contributed by atoms with Crippen molar-refractivity contribution in [2.24, 2.45) is 4.99 Å². The van der Waals surface area contributed by atoms with Gasteiger partial charge in [0.1, 0.15) is 23.9 Å². The Morgan fingerprint density at radius 3 is 2.65 bits per heavy atom. The van der Waals surface area contributed by atoms with E-state index in [0.717, 1.165) is 11.4 Å². The molecule has 0 radical (unpaired) electrons. The number of halogens is 1. The third-order valence-electron chi connectivity index (χ3n) is 2.67. The van der Waals surface area contributed by atoms with E-state index in [2.05, 4.69) is 4.99 Å². The predicted molar refractivity (Wildman–Crippen MR) is 64.5 cm³/mol. The number of ether oxygens (including phenoxy) is 1. The number of nitrogens with zero attached hydrogens (tertiary/aromatic N) is 1.